The molecule has 3 rings (SSSR count). The number of hydrazine groups is 1. The van der Waals surface area contributed by atoms with E-state index in [1.165, 1.54) is 36.9 Å². The molecule has 0 saturated carbocycles. The maximum Gasteiger partial charge on any atom is 0.272 e. The average Bonchev–Trinajstić information content (AvgIpc) is 2.49. The topological polar surface area (TPSA) is 67.4 Å². The Bertz CT molecular complexity index is 636. The van der Waals surface area contributed by atoms with Crippen molar-refractivity contribution < 1.29 is 13.9 Å². The Balaban J connectivity index is 1.83. The van der Waals surface area contributed by atoms with Crippen molar-refractivity contribution in [3.8, 4) is 5.75 Å². The van der Waals surface area contributed by atoms with Gasteiger partial charge < -0.3 is 4.74 Å². The second kappa shape index (κ2) is 5.12. The lowest BCUT2D eigenvalue weighted by Crippen LogP contribution is -2.46. The lowest BCUT2D eigenvalue weighted by Gasteiger charge is -2.31. The molecule has 7 heteroatoms. The van der Waals surface area contributed by atoms with Crippen molar-refractivity contribution in [1.29, 1.82) is 0 Å². The van der Waals surface area contributed by atoms with E-state index in [1.807, 2.05) is 0 Å². The highest BCUT2D eigenvalue weighted by Crippen LogP contribution is 2.30. The molecule has 1 amide bonds. The molecule has 20 heavy (non-hydrogen) atoms. The van der Waals surface area contributed by atoms with Gasteiger partial charge in [-0.1, -0.05) is 0 Å². The predicted molar refractivity (Wildman–Crippen MR) is 68.7 cm³/mol. The molecule has 0 bridgehead atoms. The van der Waals surface area contributed by atoms with Gasteiger partial charge in [-0.2, -0.15) is 0 Å². The zero-order valence-electron chi connectivity index (χ0n) is 10.4. The molecule has 102 valence electrons. The van der Waals surface area contributed by atoms with Crippen molar-refractivity contribution in [2.24, 2.45) is 0 Å². The van der Waals surface area contributed by atoms with Gasteiger partial charge in [-0.25, -0.2) is 14.4 Å². The van der Waals surface area contributed by atoms with Crippen molar-refractivity contribution in [2.45, 2.75) is 0 Å². The van der Waals surface area contributed by atoms with Crippen molar-refractivity contribution >= 4 is 11.6 Å². The Morgan fingerprint density at radius 1 is 1.35 bits per heavy atom. The van der Waals surface area contributed by atoms with Gasteiger partial charge in [-0.05, 0) is 12.1 Å². The molecular formula is C13H11FN4O2. The standard InChI is InChI=1S/C13H11FN4O2/c14-10-1-2-12-11(5-10)18(3-4-20-12)17-13(19)9-6-15-8-16-7-9/h1-2,5-8H,3-4H2,(H,17,19). The van der Waals surface area contributed by atoms with Crippen LogP contribution in [0.5, 0.6) is 5.75 Å². The number of benzene rings is 1. The maximum absolute atomic E-state index is 13.3. The molecule has 1 aromatic carbocycles. The lowest BCUT2D eigenvalue weighted by atomic mass is 10.2. The first-order chi connectivity index (χ1) is 9.74. The van der Waals surface area contributed by atoms with Crippen molar-refractivity contribution in [2.75, 3.05) is 18.2 Å². The number of aromatic nitrogens is 2. The zero-order valence-corrected chi connectivity index (χ0v) is 10.4. The Morgan fingerprint density at radius 3 is 2.95 bits per heavy atom. The molecule has 0 unspecified atom stereocenters. The van der Waals surface area contributed by atoms with E-state index in [-0.39, 0.29) is 5.91 Å². The normalized spacial score (nSPS) is 13.3. The summed E-state index contributed by atoms with van der Waals surface area (Å²) in [5.74, 6) is -0.221. The van der Waals surface area contributed by atoms with Gasteiger partial charge in [0.05, 0.1) is 12.1 Å². The SMILES string of the molecule is O=C(NN1CCOc2ccc(F)cc21)c1cncnc1. The predicted octanol–water partition coefficient (Wildman–Crippen LogP) is 1.16. The van der Waals surface area contributed by atoms with Crippen LogP contribution in [0.15, 0.2) is 36.9 Å². The number of hydrogen-bond donors (Lipinski definition) is 1. The van der Waals surface area contributed by atoms with E-state index in [2.05, 4.69) is 15.4 Å². The summed E-state index contributed by atoms with van der Waals surface area (Å²) in [6.45, 7) is 0.833. The summed E-state index contributed by atoms with van der Waals surface area (Å²) in [4.78, 5) is 19.6. The van der Waals surface area contributed by atoms with Crippen LogP contribution in [0.3, 0.4) is 0 Å². The molecular weight excluding hydrogens is 263 g/mol. The molecule has 2 heterocycles. The van der Waals surface area contributed by atoms with Crippen LogP contribution in [0.1, 0.15) is 10.4 Å². The minimum Gasteiger partial charge on any atom is -0.489 e. The van der Waals surface area contributed by atoms with E-state index in [9.17, 15) is 9.18 Å². The number of nitrogens with one attached hydrogen (secondary N) is 1. The van der Waals surface area contributed by atoms with Gasteiger partial charge in [0.25, 0.3) is 5.91 Å². The Morgan fingerprint density at radius 2 is 2.15 bits per heavy atom. The van der Waals surface area contributed by atoms with Gasteiger partial charge in [-0.15, -0.1) is 0 Å². The third-order valence-electron chi connectivity index (χ3n) is 2.84. The molecule has 0 spiro atoms. The number of fused-ring (bicyclic) bond motifs is 1. The molecule has 0 radical (unpaired) electrons. The second-order valence-electron chi connectivity index (χ2n) is 4.18. The number of carbonyl (C=O) groups is 1. The Labute approximate surface area is 114 Å². The summed E-state index contributed by atoms with van der Waals surface area (Å²) in [6, 6.07) is 4.17. The monoisotopic (exact) mass is 274 g/mol. The molecule has 6 nitrogen and oxygen atoms in total. The average molecular weight is 274 g/mol. The number of anilines is 1. The van der Waals surface area contributed by atoms with E-state index >= 15 is 0 Å². The second-order valence-corrected chi connectivity index (χ2v) is 4.18. The van der Waals surface area contributed by atoms with Crippen LogP contribution in [0.25, 0.3) is 0 Å². The molecule has 1 aliphatic heterocycles. The fourth-order valence-electron chi connectivity index (χ4n) is 1.91. The van der Waals surface area contributed by atoms with Gasteiger partial charge in [0.15, 0.2) is 0 Å². The summed E-state index contributed by atoms with van der Waals surface area (Å²) >= 11 is 0. The van der Waals surface area contributed by atoms with Crippen LogP contribution in [0.2, 0.25) is 0 Å². The number of nitrogens with zero attached hydrogens (tertiary/aromatic N) is 3. The quantitative estimate of drug-likeness (QED) is 0.890. The van der Waals surface area contributed by atoms with Gasteiger partial charge in [-0.3, -0.25) is 15.2 Å². The van der Waals surface area contributed by atoms with E-state index in [1.54, 1.807) is 5.01 Å². The molecule has 0 aliphatic carbocycles. The van der Waals surface area contributed by atoms with Gasteiger partial charge in [0.1, 0.15) is 30.2 Å². The first-order valence-electron chi connectivity index (χ1n) is 6.00. The fraction of sp³-hybridized carbons (Fsp3) is 0.154. The third kappa shape index (κ3) is 2.37. The zero-order chi connectivity index (χ0) is 13.9. The van der Waals surface area contributed by atoms with E-state index in [0.29, 0.717) is 30.2 Å². The molecule has 0 fully saturated rings. The Kier molecular flexibility index (Phi) is 3.16. The minimum absolute atomic E-state index is 0.331. The molecule has 0 atom stereocenters. The summed E-state index contributed by atoms with van der Waals surface area (Å²) in [5, 5.41) is 1.55. The van der Waals surface area contributed by atoms with Crippen LogP contribution in [-0.2, 0) is 0 Å². The number of ether oxygens (including phenoxy) is 1. The van der Waals surface area contributed by atoms with Crippen LogP contribution < -0.4 is 15.2 Å². The number of amides is 1. The number of rotatable bonds is 2. The highest BCUT2D eigenvalue weighted by molar-refractivity contribution is 5.94. The highest BCUT2D eigenvalue weighted by Gasteiger charge is 2.21. The fourth-order valence-corrected chi connectivity index (χ4v) is 1.91. The first-order valence-corrected chi connectivity index (χ1v) is 6.00. The van der Waals surface area contributed by atoms with Crippen LogP contribution in [0, 0.1) is 5.82 Å². The summed E-state index contributed by atoms with van der Waals surface area (Å²) in [7, 11) is 0. The van der Waals surface area contributed by atoms with Gasteiger partial charge in [0, 0.05) is 18.5 Å². The molecule has 1 aromatic heterocycles. The lowest BCUT2D eigenvalue weighted by molar-refractivity contribution is 0.0944. The molecule has 1 aliphatic rings. The summed E-state index contributed by atoms with van der Waals surface area (Å²) in [6.07, 6.45) is 4.17. The summed E-state index contributed by atoms with van der Waals surface area (Å²) in [5.41, 5.74) is 3.50. The number of halogens is 1. The highest BCUT2D eigenvalue weighted by atomic mass is 19.1. The van der Waals surface area contributed by atoms with Crippen molar-refractivity contribution in [3.05, 3.63) is 48.3 Å². The minimum atomic E-state index is -0.392. The summed E-state index contributed by atoms with van der Waals surface area (Å²) < 4.78 is 18.7. The van der Waals surface area contributed by atoms with Crippen LogP contribution in [-0.4, -0.2) is 29.0 Å². The van der Waals surface area contributed by atoms with Gasteiger partial charge >= 0.3 is 0 Å². The number of hydrogen-bond acceptors (Lipinski definition) is 5. The third-order valence-corrected chi connectivity index (χ3v) is 2.84. The van der Waals surface area contributed by atoms with Crippen molar-refractivity contribution in [3.63, 3.8) is 0 Å². The molecule has 0 saturated heterocycles. The largest absolute Gasteiger partial charge is 0.489 e. The van der Waals surface area contributed by atoms with Gasteiger partial charge in [0.2, 0.25) is 0 Å². The van der Waals surface area contributed by atoms with Crippen LogP contribution >= 0.6 is 0 Å². The molecule has 1 N–H and O–H groups in total. The first kappa shape index (κ1) is 12.3. The maximum atomic E-state index is 13.3. The van der Waals surface area contributed by atoms with Crippen molar-refractivity contribution in [1.82, 2.24) is 15.4 Å². The smallest absolute Gasteiger partial charge is 0.272 e. The van der Waals surface area contributed by atoms with E-state index < -0.39 is 5.82 Å². The van der Waals surface area contributed by atoms with E-state index in [0.717, 1.165) is 0 Å². The Hall–Kier alpha value is -2.70. The van der Waals surface area contributed by atoms with E-state index in [4.69, 9.17) is 4.74 Å². The van der Waals surface area contributed by atoms with Crippen LogP contribution in [0.4, 0.5) is 10.1 Å². The number of carbonyl (C=O) groups excluding carboxylic acids is 1. The molecule has 2 aromatic rings.